The predicted octanol–water partition coefficient (Wildman–Crippen LogP) is 3.93. The molecule has 170 valence electrons. The van der Waals surface area contributed by atoms with E-state index in [1.54, 1.807) is 0 Å². The predicted molar refractivity (Wildman–Crippen MR) is 110 cm³/mol. The molecule has 5 rings (SSSR count). The van der Waals surface area contributed by atoms with Crippen LogP contribution in [0.25, 0.3) is 11.0 Å². The van der Waals surface area contributed by atoms with Crippen molar-refractivity contribution in [2.24, 2.45) is 11.8 Å². The van der Waals surface area contributed by atoms with Crippen LogP contribution in [0.4, 0.5) is 19.0 Å². The second kappa shape index (κ2) is 8.25. The summed E-state index contributed by atoms with van der Waals surface area (Å²) >= 11 is 0. The van der Waals surface area contributed by atoms with Gasteiger partial charge in [-0.2, -0.15) is 13.2 Å². The van der Waals surface area contributed by atoms with Crippen LogP contribution in [-0.4, -0.2) is 46.0 Å². The van der Waals surface area contributed by atoms with Gasteiger partial charge in [0.1, 0.15) is 29.2 Å². The lowest BCUT2D eigenvalue weighted by atomic mass is 9.79. The smallest absolute Gasteiger partial charge is 0.431 e. The Kier molecular flexibility index (Phi) is 5.42. The number of hydrogen-bond acceptors (Lipinski definition) is 6. The molecule has 3 atom stereocenters. The molecule has 1 aromatic carbocycles. The molecule has 1 unspecified atom stereocenters. The number of benzene rings is 1. The fourth-order valence-electron chi connectivity index (χ4n) is 4.62. The summed E-state index contributed by atoms with van der Waals surface area (Å²) in [7, 11) is 0. The van der Waals surface area contributed by atoms with Crippen LogP contribution in [0.15, 0.2) is 36.7 Å². The van der Waals surface area contributed by atoms with Crippen LogP contribution in [0, 0.1) is 11.8 Å². The van der Waals surface area contributed by atoms with Gasteiger partial charge in [0.2, 0.25) is 0 Å². The number of H-pyrrole nitrogens is 1. The molecule has 4 heterocycles. The van der Waals surface area contributed by atoms with Crippen molar-refractivity contribution in [1.29, 1.82) is 0 Å². The number of rotatable bonds is 4. The number of nitrogens with zero attached hydrogens (tertiary/aromatic N) is 2. The van der Waals surface area contributed by atoms with Crippen molar-refractivity contribution in [3.05, 3.63) is 47.9 Å². The summed E-state index contributed by atoms with van der Waals surface area (Å²) in [5, 5.41) is 14.8. The van der Waals surface area contributed by atoms with Gasteiger partial charge in [0, 0.05) is 24.7 Å². The summed E-state index contributed by atoms with van der Waals surface area (Å²) in [5.74, 6) is 0.684. The van der Waals surface area contributed by atoms with Crippen LogP contribution in [0.3, 0.4) is 0 Å². The Hall–Kier alpha value is -2.85. The third-order valence-electron chi connectivity index (χ3n) is 6.32. The van der Waals surface area contributed by atoms with Crippen molar-refractivity contribution in [2.45, 2.75) is 31.2 Å². The van der Waals surface area contributed by atoms with Crippen molar-refractivity contribution in [3.63, 3.8) is 0 Å². The summed E-state index contributed by atoms with van der Waals surface area (Å²) in [5.41, 5.74) is 0.0344. The van der Waals surface area contributed by atoms with E-state index in [1.165, 1.54) is 6.33 Å². The largest absolute Gasteiger partial charge is 0.493 e. The van der Waals surface area contributed by atoms with Gasteiger partial charge in [0.25, 0.3) is 0 Å². The van der Waals surface area contributed by atoms with Crippen LogP contribution >= 0.6 is 0 Å². The zero-order valence-corrected chi connectivity index (χ0v) is 17.1. The highest BCUT2D eigenvalue weighted by Crippen LogP contribution is 2.42. The van der Waals surface area contributed by atoms with Crippen LogP contribution in [0.1, 0.15) is 30.1 Å². The lowest BCUT2D eigenvalue weighted by Crippen LogP contribution is -2.43. The first kappa shape index (κ1) is 21.0. The molecule has 0 spiro atoms. The Morgan fingerprint density at radius 2 is 1.94 bits per heavy atom. The fraction of sp³-hybridized carbons (Fsp3) is 0.455. The van der Waals surface area contributed by atoms with Gasteiger partial charge < -0.3 is 24.9 Å². The Morgan fingerprint density at radius 3 is 2.72 bits per heavy atom. The minimum atomic E-state index is -4.52. The lowest BCUT2D eigenvalue weighted by Gasteiger charge is -2.40. The Morgan fingerprint density at radius 1 is 1.16 bits per heavy atom. The number of aliphatic hydroxyl groups excluding tert-OH is 1. The third kappa shape index (κ3) is 3.88. The molecule has 10 heteroatoms. The molecule has 0 amide bonds. The van der Waals surface area contributed by atoms with Gasteiger partial charge in [-0.05, 0) is 30.9 Å². The average Bonchev–Trinajstić information content (AvgIpc) is 3.26. The number of para-hydroxylation sites is 1. The fourth-order valence-corrected chi connectivity index (χ4v) is 4.62. The van der Waals surface area contributed by atoms with E-state index in [2.05, 4.69) is 20.3 Å². The summed E-state index contributed by atoms with van der Waals surface area (Å²) in [6.45, 7) is 1.47. The number of aromatic amines is 1. The van der Waals surface area contributed by atoms with Crippen molar-refractivity contribution >= 4 is 16.9 Å². The van der Waals surface area contributed by atoms with Crippen molar-refractivity contribution < 1.29 is 27.8 Å². The number of fused-ring (bicyclic) bond motifs is 2. The molecule has 2 aromatic heterocycles. The normalized spacial score (nSPS) is 22.9. The molecule has 2 aliphatic heterocycles. The van der Waals surface area contributed by atoms with Gasteiger partial charge in [0.05, 0.1) is 24.1 Å². The quantitative estimate of drug-likeness (QED) is 0.560. The molecule has 1 fully saturated rings. The number of nitrogens with one attached hydrogen (secondary N) is 2. The van der Waals surface area contributed by atoms with Gasteiger partial charge in [-0.3, -0.25) is 0 Å². The Labute approximate surface area is 182 Å². The number of aliphatic hydroxyl groups is 1. The van der Waals surface area contributed by atoms with Gasteiger partial charge >= 0.3 is 6.18 Å². The zero-order valence-electron chi connectivity index (χ0n) is 17.1. The molecule has 7 nitrogen and oxygen atoms in total. The first-order valence-corrected chi connectivity index (χ1v) is 10.6. The van der Waals surface area contributed by atoms with E-state index in [-0.39, 0.29) is 35.3 Å². The second-order valence-corrected chi connectivity index (χ2v) is 8.24. The summed E-state index contributed by atoms with van der Waals surface area (Å²) in [4.78, 5) is 10.5. The van der Waals surface area contributed by atoms with Gasteiger partial charge in [-0.1, -0.05) is 18.2 Å². The van der Waals surface area contributed by atoms with Crippen LogP contribution in [0.2, 0.25) is 0 Å². The highest BCUT2D eigenvalue weighted by molar-refractivity contribution is 5.88. The van der Waals surface area contributed by atoms with E-state index >= 15 is 0 Å². The molecular formula is C22H23F3N4O3. The highest BCUT2D eigenvalue weighted by Gasteiger charge is 2.40. The molecule has 0 radical (unpaired) electrons. The zero-order chi connectivity index (χ0) is 22.3. The van der Waals surface area contributed by atoms with E-state index in [0.717, 1.165) is 24.5 Å². The summed E-state index contributed by atoms with van der Waals surface area (Å²) in [6, 6.07) is 8.07. The van der Waals surface area contributed by atoms with E-state index in [4.69, 9.17) is 9.47 Å². The Balaban J connectivity index is 1.52. The molecule has 3 N–H and O–H groups in total. The topological polar surface area (TPSA) is 92.3 Å². The monoisotopic (exact) mass is 448 g/mol. The van der Waals surface area contributed by atoms with E-state index in [0.29, 0.717) is 19.0 Å². The lowest BCUT2D eigenvalue weighted by molar-refractivity contribution is -0.140. The standard InChI is InChI=1S/C22H23F3N4O3/c23-22(24,25)17-9-14-20(28-17)26-11-27-21(14)29-18-13-3-1-2-4-16(13)32-10-15(18)19(30)12-5-7-31-8-6-12/h1-4,9,11-12,15,18-19,30H,5-8,10H2,(H2,26,27,28,29)/t15-,18-,19?/m0/s1. The van der Waals surface area contributed by atoms with Gasteiger partial charge in [-0.15, -0.1) is 0 Å². The molecule has 0 bridgehead atoms. The maximum absolute atomic E-state index is 13.2. The first-order chi connectivity index (χ1) is 15.4. The molecule has 32 heavy (non-hydrogen) atoms. The van der Waals surface area contributed by atoms with Crippen molar-refractivity contribution in [2.75, 3.05) is 25.1 Å². The minimum Gasteiger partial charge on any atom is -0.493 e. The molecule has 0 saturated carbocycles. The minimum absolute atomic E-state index is 0.0569. The molecule has 2 aliphatic rings. The van der Waals surface area contributed by atoms with Gasteiger partial charge in [0.15, 0.2) is 0 Å². The maximum Gasteiger partial charge on any atom is 0.431 e. The summed E-state index contributed by atoms with van der Waals surface area (Å²) < 4.78 is 51.0. The number of halogens is 3. The highest BCUT2D eigenvalue weighted by atomic mass is 19.4. The third-order valence-corrected chi connectivity index (χ3v) is 6.32. The number of alkyl halides is 3. The Bertz CT molecular complexity index is 1100. The van der Waals surface area contributed by atoms with Crippen LogP contribution < -0.4 is 10.1 Å². The number of aromatic nitrogens is 3. The van der Waals surface area contributed by atoms with Crippen molar-refractivity contribution in [1.82, 2.24) is 15.0 Å². The molecular weight excluding hydrogens is 425 g/mol. The molecule has 0 aliphatic carbocycles. The average molecular weight is 448 g/mol. The number of hydrogen-bond donors (Lipinski definition) is 3. The van der Waals surface area contributed by atoms with Crippen LogP contribution in [0.5, 0.6) is 5.75 Å². The number of ether oxygens (including phenoxy) is 2. The summed E-state index contributed by atoms with van der Waals surface area (Å²) in [6.07, 6.45) is -2.48. The maximum atomic E-state index is 13.2. The van der Waals surface area contributed by atoms with E-state index in [9.17, 15) is 18.3 Å². The second-order valence-electron chi connectivity index (χ2n) is 8.24. The molecule has 3 aromatic rings. The van der Waals surface area contributed by atoms with Crippen LogP contribution in [-0.2, 0) is 10.9 Å². The van der Waals surface area contributed by atoms with Gasteiger partial charge in [-0.25, -0.2) is 9.97 Å². The van der Waals surface area contributed by atoms with E-state index < -0.39 is 24.0 Å². The first-order valence-electron chi connectivity index (χ1n) is 10.6. The van der Waals surface area contributed by atoms with Crippen molar-refractivity contribution in [3.8, 4) is 5.75 Å². The number of anilines is 1. The molecule has 1 saturated heterocycles. The SMILES string of the molecule is OC(C1CCOCC1)[C@H]1COc2ccccc2[C@@H]1Nc1ncnc2[nH]c(C(F)(F)F)cc12. The van der Waals surface area contributed by atoms with E-state index in [1.807, 2.05) is 24.3 Å².